The van der Waals surface area contributed by atoms with Gasteiger partial charge in [-0.3, -0.25) is 4.79 Å². The molecule has 3 heteroatoms. The Labute approximate surface area is 109 Å². The smallest absolute Gasteiger partial charge is 0.136 e. The van der Waals surface area contributed by atoms with E-state index in [0.29, 0.717) is 18.3 Å². The van der Waals surface area contributed by atoms with Gasteiger partial charge in [-0.05, 0) is 18.8 Å². The van der Waals surface area contributed by atoms with Gasteiger partial charge in [0.15, 0.2) is 0 Å². The highest BCUT2D eigenvalue weighted by molar-refractivity contribution is 5.81. The minimum atomic E-state index is -0.117. The number of hydrogen-bond donors (Lipinski definition) is 0. The largest absolute Gasteiger partial charge is 0.378 e. The van der Waals surface area contributed by atoms with Crippen LogP contribution < -0.4 is 0 Å². The van der Waals surface area contributed by atoms with E-state index in [2.05, 4.69) is 0 Å². The first-order valence-corrected chi connectivity index (χ1v) is 7.52. The van der Waals surface area contributed by atoms with Crippen molar-refractivity contribution in [3.63, 3.8) is 0 Å². The van der Waals surface area contributed by atoms with Crippen LogP contribution in [0.15, 0.2) is 0 Å². The molecule has 0 aromatic carbocycles. The number of carbonyl (C=O) groups is 1. The second-order valence-electron chi connectivity index (χ2n) is 6.34. The van der Waals surface area contributed by atoms with Gasteiger partial charge in [0.25, 0.3) is 0 Å². The summed E-state index contributed by atoms with van der Waals surface area (Å²) < 4.78 is 11.4. The number of ketones is 1. The van der Waals surface area contributed by atoms with Crippen molar-refractivity contribution < 1.29 is 14.3 Å². The molecule has 102 valence electrons. The Hall–Kier alpha value is -0.410. The van der Waals surface area contributed by atoms with Gasteiger partial charge in [-0.1, -0.05) is 25.7 Å². The molecule has 2 saturated heterocycles. The van der Waals surface area contributed by atoms with Crippen LogP contribution in [0.4, 0.5) is 0 Å². The molecule has 1 aliphatic carbocycles. The highest BCUT2D eigenvalue weighted by Crippen LogP contribution is 2.38. The molecule has 3 fully saturated rings. The second-order valence-corrected chi connectivity index (χ2v) is 6.34. The average Bonchev–Trinajstić information content (AvgIpc) is 3.02. The molecule has 2 heterocycles. The Morgan fingerprint density at radius 1 is 1.17 bits per heavy atom. The predicted octanol–water partition coefficient (Wildman–Crippen LogP) is 2.72. The molecule has 0 aromatic heterocycles. The lowest BCUT2D eigenvalue weighted by Gasteiger charge is -2.36. The van der Waals surface area contributed by atoms with Gasteiger partial charge in [0.2, 0.25) is 0 Å². The van der Waals surface area contributed by atoms with Crippen LogP contribution in [0.3, 0.4) is 0 Å². The second kappa shape index (κ2) is 5.30. The molecule has 1 spiro atoms. The van der Waals surface area contributed by atoms with E-state index in [9.17, 15) is 4.79 Å². The van der Waals surface area contributed by atoms with E-state index in [4.69, 9.17) is 9.47 Å². The summed E-state index contributed by atoms with van der Waals surface area (Å²) in [5, 5.41) is 0. The molecule has 1 saturated carbocycles. The third-order valence-electron chi connectivity index (χ3n) is 4.98. The molecule has 3 nitrogen and oxygen atoms in total. The molecule has 3 rings (SSSR count). The van der Waals surface area contributed by atoms with E-state index in [-0.39, 0.29) is 11.5 Å². The van der Waals surface area contributed by atoms with E-state index in [1.54, 1.807) is 0 Å². The maximum atomic E-state index is 12.4. The van der Waals surface area contributed by atoms with Gasteiger partial charge in [0.05, 0.1) is 12.2 Å². The summed E-state index contributed by atoms with van der Waals surface area (Å²) in [6.07, 6.45) is 8.80. The first kappa shape index (κ1) is 12.6. The third-order valence-corrected chi connectivity index (χ3v) is 4.98. The van der Waals surface area contributed by atoms with Crippen LogP contribution in [0.1, 0.15) is 51.4 Å². The lowest BCUT2D eigenvalue weighted by molar-refractivity contribution is -0.137. The lowest BCUT2D eigenvalue weighted by atomic mass is 9.80. The molecular weight excluding hydrogens is 228 g/mol. The summed E-state index contributed by atoms with van der Waals surface area (Å²) in [7, 11) is 0. The van der Waals surface area contributed by atoms with Crippen LogP contribution in [0.5, 0.6) is 0 Å². The van der Waals surface area contributed by atoms with Crippen LogP contribution in [-0.2, 0) is 14.3 Å². The van der Waals surface area contributed by atoms with E-state index in [1.165, 1.54) is 25.7 Å². The summed E-state index contributed by atoms with van der Waals surface area (Å²) in [6.45, 7) is 2.23. The number of ether oxygens (including phenoxy) is 2. The zero-order valence-corrected chi connectivity index (χ0v) is 11.2. The van der Waals surface area contributed by atoms with Crippen molar-refractivity contribution in [2.24, 2.45) is 11.8 Å². The molecular formula is C15H24O3. The van der Waals surface area contributed by atoms with Crippen LogP contribution in [0, 0.1) is 11.8 Å². The monoisotopic (exact) mass is 252 g/mol. The summed E-state index contributed by atoms with van der Waals surface area (Å²) in [6, 6.07) is 0. The molecule has 18 heavy (non-hydrogen) atoms. The van der Waals surface area contributed by atoms with Gasteiger partial charge < -0.3 is 9.47 Å². The van der Waals surface area contributed by atoms with Crippen LogP contribution >= 0.6 is 0 Å². The van der Waals surface area contributed by atoms with Gasteiger partial charge in [-0.2, -0.15) is 0 Å². The van der Waals surface area contributed by atoms with Crippen molar-refractivity contribution >= 4 is 5.78 Å². The minimum Gasteiger partial charge on any atom is -0.378 e. The molecule has 0 amide bonds. The van der Waals surface area contributed by atoms with Crippen molar-refractivity contribution in [2.45, 2.75) is 57.0 Å². The summed E-state index contributed by atoms with van der Waals surface area (Å²) in [4.78, 5) is 12.4. The van der Waals surface area contributed by atoms with Crippen molar-refractivity contribution in [3.8, 4) is 0 Å². The van der Waals surface area contributed by atoms with E-state index in [0.717, 1.165) is 38.9 Å². The fraction of sp³-hybridized carbons (Fsp3) is 0.933. The summed E-state index contributed by atoms with van der Waals surface area (Å²) in [5.74, 6) is 1.41. The Morgan fingerprint density at radius 2 is 2.00 bits per heavy atom. The van der Waals surface area contributed by atoms with Gasteiger partial charge in [0, 0.05) is 32.0 Å². The van der Waals surface area contributed by atoms with Crippen molar-refractivity contribution in [1.82, 2.24) is 0 Å². The van der Waals surface area contributed by atoms with Crippen molar-refractivity contribution in [2.75, 3.05) is 19.8 Å². The fourth-order valence-corrected chi connectivity index (χ4v) is 3.83. The molecule has 3 aliphatic rings. The van der Waals surface area contributed by atoms with E-state index in [1.807, 2.05) is 0 Å². The lowest BCUT2D eigenvalue weighted by Crippen LogP contribution is -2.42. The number of carbonyl (C=O) groups excluding carboxylic acids is 1. The van der Waals surface area contributed by atoms with Gasteiger partial charge in [0.1, 0.15) is 5.78 Å². The Morgan fingerprint density at radius 3 is 2.72 bits per heavy atom. The van der Waals surface area contributed by atoms with Gasteiger partial charge in [-0.25, -0.2) is 0 Å². The number of Topliss-reactive ketones (excluding diaryl/α,β-unsaturated/α-hetero) is 1. The molecule has 0 N–H and O–H groups in total. The van der Waals surface area contributed by atoms with E-state index < -0.39 is 0 Å². The molecule has 0 bridgehead atoms. The first-order chi connectivity index (χ1) is 8.77. The van der Waals surface area contributed by atoms with Crippen LogP contribution in [-0.4, -0.2) is 31.2 Å². The molecule has 0 aromatic rings. The predicted molar refractivity (Wildman–Crippen MR) is 68.4 cm³/mol. The zero-order valence-electron chi connectivity index (χ0n) is 11.2. The molecule has 2 unspecified atom stereocenters. The van der Waals surface area contributed by atoms with Crippen molar-refractivity contribution in [3.05, 3.63) is 0 Å². The molecule has 2 aliphatic heterocycles. The maximum Gasteiger partial charge on any atom is 0.136 e. The number of hydrogen-bond acceptors (Lipinski definition) is 3. The maximum absolute atomic E-state index is 12.4. The SMILES string of the molecule is O=C(CC1CCCC1)C1CCOC2(CCOC2)C1. The molecule has 2 atom stereocenters. The Kier molecular flexibility index (Phi) is 3.71. The Bertz CT molecular complexity index is 301. The zero-order chi connectivity index (χ0) is 12.4. The first-order valence-electron chi connectivity index (χ1n) is 7.52. The minimum absolute atomic E-state index is 0.117. The van der Waals surface area contributed by atoms with Gasteiger partial charge in [-0.15, -0.1) is 0 Å². The Balaban J connectivity index is 1.56. The summed E-state index contributed by atoms with van der Waals surface area (Å²) in [5.41, 5.74) is -0.117. The van der Waals surface area contributed by atoms with Crippen LogP contribution in [0.2, 0.25) is 0 Å². The average molecular weight is 252 g/mol. The number of rotatable bonds is 3. The quantitative estimate of drug-likeness (QED) is 0.774. The highest BCUT2D eigenvalue weighted by atomic mass is 16.6. The van der Waals surface area contributed by atoms with Crippen LogP contribution in [0.25, 0.3) is 0 Å². The highest BCUT2D eigenvalue weighted by Gasteiger charge is 2.43. The van der Waals surface area contributed by atoms with E-state index >= 15 is 0 Å². The normalized spacial score (nSPS) is 37.4. The topological polar surface area (TPSA) is 35.5 Å². The van der Waals surface area contributed by atoms with Crippen molar-refractivity contribution in [1.29, 1.82) is 0 Å². The third kappa shape index (κ3) is 2.62. The summed E-state index contributed by atoms with van der Waals surface area (Å²) >= 11 is 0. The molecule has 0 radical (unpaired) electrons. The fourth-order valence-electron chi connectivity index (χ4n) is 3.83. The van der Waals surface area contributed by atoms with Gasteiger partial charge >= 0.3 is 0 Å². The standard InChI is InChI=1S/C15H24O3/c16-14(9-12-3-1-2-4-12)13-5-7-18-15(10-13)6-8-17-11-15/h12-13H,1-11H2.